The second-order valence-corrected chi connectivity index (χ2v) is 9.05. The van der Waals surface area contributed by atoms with Crippen molar-refractivity contribution in [1.82, 2.24) is 10.2 Å². The van der Waals surface area contributed by atoms with Gasteiger partial charge >= 0.3 is 12.1 Å². The standard InChI is InChI=1S/C18H22N2O7S/c1-17(2)18(15(22)26-4,20-13(21)12(25-3)14(20)28(17)24)19-16(23)27-10-11-8-6-5-7-9-11/h5-9,12,14H,10H2,1-4H3,(H,19,23)/t12-,14-,18+,28?/m1/s1. The molecule has 0 aromatic heterocycles. The van der Waals surface area contributed by atoms with Gasteiger partial charge in [0.25, 0.3) is 11.6 Å². The van der Waals surface area contributed by atoms with Gasteiger partial charge in [0, 0.05) is 7.11 Å². The molecule has 2 saturated heterocycles. The summed E-state index contributed by atoms with van der Waals surface area (Å²) in [6.07, 6.45) is -1.89. The van der Waals surface area contributed by atoms with E-state index in [-0.39, 0.29) is 6.61 Å². The predicted molar refractivity (Wildman–Crippen MR) is 98.2 cm³/mol. The van der Waals surface area contributed by atoms with Crippen LogP contribution in [0.2, 0.25) is 0 Å². The van der Waals surface area contributed by atoms with E-state index in [1.807, 2.05) is 6.07 Å². The van der Waals surface area contributed by atoms with Crippen molar-refractivity contribution in [2.45, 2.75) is 42.3 Å². The van der Waals surface area contributed by atoms with Crippen molar-refractivity contribution in [1.29, 1.82) is 0 Å². The molecule has 9 nitrogen and oxygen atoms in total. The molecule has 0 radical (unpaired) electrons. The summed E-state index contributed by atoms with van der Waals surface area (Å²) in [5.74, 6) is -1.46. The van der Waals surface area contributed by atoms with Crippen molar-refractivity contribution < 1.29 is 33.1 Å². The monoisotopic (exact) mass is 410 g/mol. The molecule has 0 aliphatic carbocycles. The molecular weight excluding hydrogens is 388 g/mol. The molecular formula is C18H22N2O7S. The van der Waals surface area contributed by atoms with Gasteiger partial charge < -0.3 is 18.8 Å². The normalized spacial score (nSPS) is 30.2. The molecule has 1 N–H and O–H groups in total. The van der Waals surface area contributed by atoms with Gasteiger partial charge in [-0.1, -0.05) is 30.3 Å². The Balaban J connectivity index is 1.89. The van der Waals surface area contributed by atoms with Crippen LogP contribution in [0.3, 0.4) is 0 Å². The number of ether oxygens (including phenoxy) is 3. The molecule has 2 heterocycles. The number of hydrogen-bond acceptors (Lipinski definition) is 7. The average Bonchev–Trinajstić information content (AvgIpc) is 2.83. The Morgan fingerprint density at radius 3 is 2.46 bits per heavy atom. The minimum Gasteiger partial charge on any atom is -0.614 e. The molecule has 1 aromatic carbocycles. The maximum atomic E-state index is 13.0. The van der Waals surface area contributed by atoms with Crippen LogP contribution < -0.4 is 5.32 Å². The van der Waals surface area contributed by atoms with Crippen molar-refractivity contribution in [3.05, 3.63) is 35.9 Å². The molecule has 0 bridgehead atoms. The second kappa shape index (κ2) is 7.26. The summed E-state index contributed by atoms with van der Waals surface area (Å²) in [4.78, 5) is 38.9. The van der Waals surface area contributed by atoms with Crippen LogP contribution in [-0.2, 0) is 41.6 Å². The van der Waals surface area contributed by atoms with Crippen molar-refractivity contribution in [3.63, 3.8) is 0 Å². The minimum atomic E-state index is -1.98. The third kappa shape index (κ3) is 2.75. The summed E-state index contributed by atoms with van der Waals surface area (Å²) in [7, 11) is 2.45. The smallest absolute Gasteiger partial charge is 0.409 e. The third-order valence-corrected chi connectivity index (χ3v) is 7.38. The van der Waals surface area contributed by atoms with Gasteiger partial charge in [0.1, 0.15) is 6.61 Å². The lowest BCUT2D eigenvalue weighted by Crippen LogP contribution is -2.78. The molecule has 2 aliphatic heterocycles. The van der Waals surface area contributed by atoms with Crippen LogP contribution in [0.5, 0.6) is 0 Å². The van der Waals surface area contributed by atoms with Gasteiger partial charge in [0.05, 0.1) is 7.11 Å². The number of methoxy groups -OCH3 is 2. The summed E-state index contributed by atoms with van der Waals surface area (Å²) in [6.45, 7) is 3.01. The van der Waals surface area contributed by atoms with Crippen LogP contribution in [0.15, 0.2) is 30.3 Å². The third-order valence-electron chi connectivity index (χ3n) is 5.18. The fourth-order valence-corrected chi connectivity index (χ4v) is 5.65. The molecule has 4 atom stereocenters. The Hall–Kier alpha value is -2.30. The van der Waals surface area contributed by atoms with Gasteiger partial charge in [0.2, 0.25) is 11.5 Å². The fraction of sp³-hybridized carbons (Fsp3) is 0.500. The molecule has 0 saturated carbocycles. The Kier molecular flexibility index (Phi) is 5.30. The number of benzene rings is 1. The van der Waals surface area contributed by atoms with E-state index in [0.717, 1.165) is 17.6 Å². The number of hydrogen-bond donors (Lipinski definition) is 1. The fourth-order valence-electron chi connectivity index (χ4n) is 3.62. The van der Waals surface area contributed by atoms with Gasteiger partial charge in [-0.05, 0) is 30.6 Å². The largest absolute Gasteiger partial charge is 0.614 e. The number of carbonyl (C=O) groups is 3. The Morgan fingerprint density at radius 2 is 1.89 bits per heavy atom. The molecule has 1 unspecified atom stereocenters. The summed E-state index contributed by atoms with van der Waals surface area (Å²) in [5, 5.41) is 1.59. The molecule has 3 rings (SSSR count). The SMILES string of the molecule is COC(=O)[C@]1(NC(=O)OCc2ccccc2)N2C(=O)[C@@H](OC)[C@H]2[S+]([O-])C1(C)C. The Bertz CT molecular complexity index is 787. The number of nitrogens with one attached hydrogen (secondary N) is 1. The van der Waals surface area contributed by atoms with Gasteiger partial charge in [-0.3, -0.25) is 15.0 Å². The molecule has 10 heteroatoms. The van der Waals surface area contributed by atoms with Gasteiger partial charge in [-0.15, -0.1) is 0 Å². The Morgan fingerprint density at radius 1 is 1.25 bits per heavy atom. The quantitative estimate of drug-likeness (QED) is 0.427. The summed E-state index contributed by atoms with van der Waals surface area (Å²) in [5.41, 5.74) is -1.23. The van der Waals surface area contributed by atoms with E-state index in [9.17, 15) is 18.9 Å². The lowest BCUT2D eigenvalue weighted by atomic mass is 9.89. The van der Waals surface area contributed by atoms with Crippen LogP contribution in [-0.4, -0.2) is 63.5 Å². The Labute approximate surface area is 165 Å². The minimum absolute atomic E-state index is 0.0362. The molecule has 2 amide bonds. The highest BCUT2D eigenvalue weighted by molar-refractivity contribution is 7.94. The molecule has 0 spiro atoms. The van der Waals surface area contributed by atoms with Crippen LogP contribution in [0.1, 0.15) is 19.4 Å². The first kappa shape index (κ1) is 20.4. The zero-order valence-corrected chi connectivity index (χ0v) is 16.8. The first-order chi connectivity index (χ1) is 13.2. The number of β-lactam (4-membered cyclic amide) rings is 1. The predicted octanol–water partition coefficient (Wildman–Crippen LogP) is 0.506. The van der Waals surface area contributed by atoms with E-state index in [0.29, 0.717) is 0 Å². The van der Waals surface area contributed by atoms with E-state index in [1.165, 1.54) is 21.0 Å². The number of carbonyl (C=O) groups excluding carboxylic acids is 3. The van der Waals surface area contributed by atoms with Crippen molar-refractivity contribution in [3.8, 4) is 0 Å². The molecule has 28 heavy (non-hydrogen) atoms. The van der Waals surface area contributed by atoms with Crippen LogP contribution in [0.4, 0.5) is 4.79 Å². The van der Waals surface area contributed by atoms with E-state index in [4.69, 9.17) is 14.2 Å². The zero-order chi connectivity index (χ0) is 20.7. The van der Waals surface area contributed by atoms with Gasteiger partial charge in [-0.25, -0.2) is 9.59 Å². The van der Waals surface area contributed by atoms with Gasteiger partial charge in [0.15, 0.2) is 4.75 Å². The topological polar surface area (TPSA) is 117 Å². The van der Waals surface area contributed by atoms with E-state index in [1.54, 1.807) is 24.3 Å². The van der Waals surface area contributed by atoms with Crippen LogP contribution in [0.25, 0.3) is 0 Å². The lowest BCUT2D eigenvalue weighted by Gasteiger charge is -2.45. The average molecular weight is 410 g/mol. The first-order valence-electron chi connectivity index (χ1n) is 8.56. The van der Waals surface area contributed by atoms with Crippen molar-refractivity contribution in [2.24, 2.45) is 0 Å². The molecule has 2 aliphatic rings. The van der Waals surface area contributed by atoms with Crippen molar-refractivity contribution in [2.75, 3.05) is 14.2 Å². The van der Waals surface area contributed by atoms with Crippen LogP contribution >= 0.6 is 0 Å². The number of rotatable bonds is 5. The second-order valence-electron chi connectivity index (χ2n) is 6.95. The first-order valence-corrected chi connectivity index (χ1v) is 9.77. The summed E-state index contributed by atoms with van der Waals surface area (Å²) in [6, 6.07) is 8.97. The van der Waals surface area contributed by atoms with E-state index < -0.39 is 51.0 Å². The molecule has 152 valence electrons. The number of esters is 1. The number of nitrogens with zero attached hydrogens (tertiary/aromatic N) is 1. The number of amides is 2. The maximum Gasteiger partial charge on any atom is 0.409 e. The maximum absolute atomic E-state index is 13.0. The lowest BCUT2D eigenvalue weighted by molar-refractivity contribution is -0.187. The van der Waals surface area contributed by atoms with E-state index >= 15 is 0 Å². The van der Waals surface area contributed by atoms with Crippen LogP contribution in [0, 0.1) is 0 Å². The van der Waals surface area contributed by atoms with Gasteiger partial charge in [-0.2, -0.15) is 0 Å². The summed E-state index contributed by atoms with van der Waals surface area (Å²) >= 11 is -1.71. The number of fused-ring (bicyclic) bond motifs is 1. The highest BCUT2D eigenvalue weighted by Crippen LogP contribution is 2.52. The number of alkyl carbamates (subject to hydrolysis) is 1. The van der Waals surface area contributed by atoms with Crippen molar-refractivity contribution >= 4 is 29.1 Å². The zero-order valence-electron chi connectivity index (χ0n) is 16.0. The highest BCUT2D eigenvalue weighted by Gasteiger charge is 2.82. The van der Waals surface area contributed by atoms with E-state index in [2.05, 4.69) is 5.32 Å². The molecule has 1 aromatic rings. The highest BCUT2D eigenvalue weighted by atomic mass is 32.2. The summed E-state index contributed by atoms with van der Waals surface area (Å²) < 4.78 is 26.9. The molecule has 2 fully saturated rings.